The van der Waals surface area contributed by atoms with E-state index in [1.807, 2.05) is 6.07 Å². The molecule has 0 saturated carbocycles. The molecule has 2 aromatic rings. The summed E-state index contributed by atoms with van der Waals surface area (Å²) in [6.07, 6.45) is -4.58. The van der Waals surface area contributed by atoms with Gasteiger partial charge in [-0.1, -0.05) is 23.7 Å². The molecule has 0 bridgehead atoms. The summed E-state index contributed by atoms with van der Waals surface area (Å²) in [5.41, 5.74) is -0.340. The van der Waals surface area contributed by atoms with Crippen LogP contribution >= 0.6 is 11.6 Å². The summed E-state index contributed by atoms with van der Waals surface area (Å²) in [7, 11) is 0. The summed E-state index contributed by atoms with van der Waals surface area (Å²) in [4.78, 5) is 0. The molecule has 3 nitrogen and oxygen atoms in total. The average molecular weight is 329 g/mol. The smallest absolute Gasteiger partial charge is 0.361 e. The molecular weight excluding hydrogens is 317 g/mol. The van der Waals surface area contributed by atoms with Crippen molar-refractivity contribution in [1.82, 2.24) is 4.57 Å². The number of alkyl halides is 3. The van der Waals surface area contributed by atoms with Crippen LogP contribution in [-0.2, 0) is 17.6 Å². The molecule has 0 unspecified atom stereocenters. The summed E-state index contributed by atoms with van der Waals surface area (Å²) in [5.74, 6) is 0. The number of nitriles is 1. The molecular formula is C15H12ClF3N2O. The zero-order valence-electron chi connectivity index (χ0n) is 11.6. The third-order valence-corrected chi connectivity index (χ3v) is 3.30. The Bertz CT molecular complexity index is 699. The molecule has 1 heterocycles. The monoisotopic (exact) mass is 328 g/mol. The first kappa shape index (κ1) is 16.4. The second-order valence-electron chi connectivity index (χ2n) is 4.46. The molecule has 22 heavy (non-hydrogen) atoms. The summed E-state index contributed by atoms with van der Waals surface area (Å²) < 4.78 is 45.6. The minimum Gasteiger partial charge on any atom is -0.361 e. The number of rotatable bonds is 4. The van der Waals surface area contributed by atoms with Crippen molar-refractivity contribution in [3.05, 3.63) is 46.6 Å². The van der Waals surface area contributed by atoms with Gasteiger partial charge in [-0.25, -0.2) is 0 Å². The highest BCUT2D eigenvalue weighted by molar-refractivity contribution is 6.30. The van der Waals surface area contributed by atoms with E-state index in [4.69, 9.17) is 21.6 Å². The molecule has 0 atom stereocenters. The predicted octanol–water partition coefficient (Wildman–Crippen LogP) is 4.69. The molecule has 2 rings (SSSR count). The van der Waals surface area contributed by atoms with Crippen LogP contribution in [0.3, 0.4) is 0 Å². The van der Waals surface area contributed by atoms with Gasteiger partial charge in [0.25, 0.3) is 0 Å². The summed E-state index contributed by atoms with van der Waals surface area (Å²) in [6, 6.07) is 8.90. The molecule has 1 aromatic carbocycles. The minimum absolute atomic E-state index is 0.0608. The largest absolute Gasteiger partial charge is 0.431 e. The molecule has 0 radical (unpaired) electrons. The van der Waals surface area contributed by atoms with Gasteiger partial charge in [-0.2, -0.15) is 18.4 Å². The summed E-state index contributed by atoms with van der Waals surface area (Å²) in [5, 5.41) is 9.63. The number of ether oxygens (including phenoxy) is 1. The van der Waals surface area contributed by atoms with Crippen molar-refractivity contribution in [3.63, 3.8) is 0 Å². The Hall–Kier alpha value is -1.97. The molecule has 116 valence electrons. The van der Waals surface area contributed by atoms with Crippen molar-refractivity contribution in [2.45, 2.75) is 19.8 Å². The Morgan fingerprint density at radius 2 is 1.91 bits per heavy atom. The van der Waals surface area contributed by atoms with Crippen LogP contribution in [0, 0.1) is 11.3 Å². The zero-order valence-corrected chi connectivity index (χ0v) is 12.4. The van der Waals surface area contributed by atoms with Crippen LogP contribution < -0.4 is 0 Å². The third kappa shape index (κ3) is 3.26. The van der Waals surface area contributed by atoms with Crippen LogP contribution in [-0.4, -0.2) is 11.2 Å². The lowest BCUT2D eigenvalue weighted by molar-refractivity contribution is -0.145. The van der Waals surface area contributed by atoms with Gasteiger partial charge in [0.15, 0.2) is 0 Å². The highest BCUT2D eigenvalue weighted by atomic mass is 35.5. The van der Waals surface area contributed by atoms with E-state index >= 15 is 0 Å². The molecule has 0 amide bonds. The van der Waals surface area contributed by atoms with Crippen molar-refractivity contribution in [3.8, 4) is 17.3 Å². The van der Waals surface area contributed by atoms with Gasteiger partial charge in [0, 0.05) is 11.6 Å². The molecule has 0 aliphatic rings. The van der Waals surface area contributed by atoms with Crippen LogP contribution in [0.4, 0.5) is 13.2 Å². The lowest BCUT2D eigenvalue weighted by Gasteiger charge is -2.15. The Balaban J connectivity index is 2.67. The van der Waals surface area contributed by atoms with E-state index in [0.717, 1.165) is 10.6 Å². The fraction of sp³-hybridized carbons (Fsp3) is 0.267. The predicted molar refractivity (Wildman–Crippen MR) is 76.2 cm³/mol. The number of aromatic nitrogens is 1. The van der Waals surface area contributed by atoms with Gasteiger partial charge in [-0.05, 0) is 30.7 Å². The zero-order chi connectivity index (χ0) is 16.3. The Kier molecular flexibility index (Phi) is 4.79. The van der Waals surface area contributed by atoms with Crippen LogP contribution in [0.5, 0.6) is 0 Å². The Morgan fingerprint density at radius 1 is 1.27 bits per heavy atom. The van der Waals surface area contributed by atoms with Crippen molar-refractivity contribution in [2.75, 3.05) is 6.61 Å². The molecule has 0 spiro atoms. The normalized spacial score (nSPS) is 11.5. The second kappa shape index (κ2) is 6.42. The van der Waals surface area contributed by atoms with Gasteiger partial charge < -0.3 is 9.30 Å². The van der Waals surface area contributed by atoms with Gasteiger partial charge in [0.1, 0.15) is 18.5 Å². The minimum atomic E-state index is -4.58. The number of nitrogens with zero attached hydrogens (tertiary/aromatic N) is 2. The number of halogens is 4. The highest BCUT2D eigenvalue weighted by Gasteiger charge is 2.37. The SMILES string of the molecule is CCOCn1c(C(F)(F)F)cc(C#N)c1-c1ccc(Cl)cc1. The first-order valence-corrected chi connectivity index (χ1v) is 6.80. The van der Waals surface area contributed by atoms with Gasteiger partial charge in [-0.15, -0.1) is 0 Å². The molecule has 0 aliphatic heterocycles. The lowest BCUT2D eigenvalue weighted by atomic mass is 10.1. The van der Waals surface area contributed by atoms with E-state index in [9.17, 15) is 13.2 Å². The molecule has 0 saturated heterocycles. The molecule has 1 aromatic heterocycles. The van der Waals surface area contributed by atoms with E-state index in [1.165, 1.54) is 0 Å². The molecule has 0 aliphatic carbocycles. The standard InChI is InChI=1S/C15H12ClF3N2O/c1-2-22-9-21-13(15(17,18)19)7-11(8-20)14(21)10-3-5-12(16)6-4-10/h3-7H,2,9H2,1H3. The van der Waals surface area contributed by atoms with Crippen molar-refractivity contribution >= 4 is 11.6 Å². The maximum absolute atomic E-state index is 13.2. The molecule has 7 heteroatoms. The van der Waals surface area contributed by atoms with Gasteiger partial charge in [0.05, 0.1) is 11.3 Å². The van der Waals surface area contributed by atoms with E-state index in [0.29, 0.717) is 10.6 Å². The lowest BCUT2D eigenvalue weighted by Crippen LogP contribution is -2.15. The molecule has 0 N–H and O–H groups in total. The van der Waals surface area contributed by atoms with E-state index < -0.39 is 11.9 Å². The summed E-state index contributed by atoms with van der Waals surface area (Å²) in [6.45, 7) is 1.66. The van der Waals surface area contributed by atoms with Gasteiger partial charge in [0.2, 0.25) is 0 Å². The Labute approximate surface area is 130 Å². The van der Waals surface area contributed by atoms with Crippen molar-refractivity contribution < 1.29 is 17.9 Å². The van der Waals surface area contributed by atoms with Crippen LogP contribution in [0.1, 0.15) is 18.2 Å². The fourth-order valence-electron chi connectivity index (χ4n) is 2.10. The van der Waals surface area contributed by atoms with E-state index in [1.54, 1.807) is 31.2 Å². The highest BCUT2D eigenvalue weighted by Crippen LogP contribution is 2.37. The Morgan fingerprint density at radius 3 is 2.41 bits per heavy atom. The first-order valence-electron chi connectivity index (χ1n) is 6.43. The number of benzene rings is 1. The van der Waals surface area contributed by atoms with E-state index in [2.05, 4.69) is 0 Å². The topological polar surface area (TPSA) is 38.0 Å². The van der Waals surface area contributed by atoms with Gasteiger partial charge >= 0.3 is 6.18 Å². The van der Waals surface area contributed by atoms with Crippen LogP contribution in [0.15, 0.2) is 30.3 Å². The maximum Gasteiger partial charge on any atom is 0.431 e. The van der Waals surface area contributed by atoms with Crippen molar-refractivity contribution in [2.24, 2.45) is 0 Å². The quantitative estimate of drug-likeness (QED) is 0.816. The summed E-state index contributed by atoms with van der Waals surface area (Å²) >= 11 is 5.80. The first-order chi connectivity index (χ1) is 10.4. The van der Waals surface area contributed by atoms with Crippen molar-refractivity contribution in [1.29, 1.82) is 5.26 Å². The fourth-order valence-corrected chi connectivity index (χ4v) is 2.23. The number of hydrogen-bond donors (Lipinski definition) is 0. The second-order valence-corrected chi connectivity index (χ2v) is 4.89. The van der Waals surface area contributed by atoms with Gasteiger partial charge in [-0.3, -0.25) is 0 Å². The van der Waals surface area contributed by atoms with E-state index in [-0.39, 0.29) is 24.6 Å². The number of hydrogen-bond acceptors (Lipinski definition) is 2. The van der Waals surface area contributed by atoms with Crippen LogP contribution in [0.2, 0.25) is 5.02 Å². The maximum atomic E-state index is 13.2. The van der Waals surface area contributed by atoms with Crippen LogP contribution in [0.25, 0.3) is 11.3 Å². The molecule has 0 fully saturated rings. The average Bonchev–Trinajstić information content (AvgIpc) is 2.84. The third-order valence-electron chi connectivity index (χ3n) is 3.05.